The van der Waals surface area contributed by atoms with Crippen LogP contribution in [-0.2, 0) is 4.79 Å². The normalized spacial score (nSPS) is 32.4. The van der Waals surface area contributed by atoms with Crippen LogP contribution in [0.15, 0.2) is 0 Å². The lowest BCUT2D eigenvalue weighted by molar-refractivity contribution is -0.126. The third-order valence-corrected chi connectivity index (χ3v) is 5.86. The summed E-state index contributed by atoms with van der Waals surface area (Å²) >= 11 is 0. The molecule has 1 saturated heterocycles. The van der Waals surface area contributed by atoms with Crippen molar-refractivity contribution in [2.45, 2.75) is 72.1 Å². The monoisotopic (exact) mass is 293 g/mol. The lowest BCUT2D eigenvalue weighted by atomic mass is 9.75. The minimum atomic E-state index is 0.328. The van der Waals surface area contributed by atoms with Gasteiger partial charge >= 0.3 is 0 Å². The van der Waals surface area contributed by atoms with Crippen molar-refractivity contribution in [1.82, 2.24) is 4.90 Å². The van der Waals surface area contributed by atoms with Crippen molar-refractivity contribution in [3.8, 4) is 0 Å². The molecule has 3 atom stereocenters. The van der Waals surface area contributed by atoms with Crippen LogP contribution in [0.4, 0.5) is 0 Å². The summed E-state index contributed by atoms with van der Waals surface area (Å²) in [5, 5.41) is 0. The van der Waals surface area contributed by atoms with E-state index in [1.807, 2.05) is 0 Å². The Labute approximate surface area is 131 Å². The third kappa shape index (κ3) is 5.09. The maximum absolute atomic E-state index is 12.3. The van der Waals surface area contributed by atoms with Crippen LogP contribution in [-0.4, -0.2) is 30.3 Å². The summed E-state index contributed by atoms with van der Waals surface area (Å²) in [6.45, 7) is 10.4. The van der Waals surface area contributed by atoms with Crippen LogP contribution in [0.25, 0.3) is 0 Å². The van der Waals surface area contributed by atoms with Crippen molar-refractivity contribution in [2.75, 3.05) is 19.6 Å². The Morgan fingerprint density at radius 2 is 2.00 bits per heavy atom. The van der Waals surface area contributed by atoms with E-state index in [1.54, 1.807) is 0 Å². The van der Waals surface area contributed by atoms with E-state index in [4.69, 9.17) is 0 Å². The maximum atomic E-state index is 12.3. The van der Waals surface area contributed by atoms with Gasteiger partial charge in [-0.25, -0.2) is 0 Å². The van der Waals surface area contributed by atoms with Crippen molar-refractivity contribution in [3.05, 3.63) is 0 Å². The number of hydrogen-bond acceptors (Lipinski definition) is 2. The molecule has 0 aromatic carbocycles. The molecule has 0 N–H and O–H groups in total. The Bertz CT molecular complexity index is 326. The van der Waals surface area contributed by atoms with Crippen molar-refractivity contribution in [2.24, 2.45) is 23.7 Å². The predicted octanol–water partition coefficient (Wildman–Crippen LogP) is 4.53. The molecule has 0 spiro atoms. The second-order valence-electron chi connectivity index (χ2n) is 7.83. The molecule has 0 amide bonds. The van der Waals surface area contributed by atoms with Gasteiger partial charge in [-0.05, 0) is 62.9 Å². The average molecular weight is 293 g/mol. The fourth-order valence-electron chi connectivity index (χ4n) is 4.34. The SMILES string of the molecule is CCCC1CCCN(CC2CC(C(C)C)CCC2=O)CC1. The van der Waals surface area contributed by atoms with E-state index in [2.05, 4.69) is 25.7 Å². The highest BCUT2D eigenvalue weighted by molar-refractivity contribution is 5.82. The number of nitrogens with zero attached hydrogens (tertiary/aromatic N) is 1. The summed E-state index contributed by atoms with van der Waals surface area (Å²) in [5.74, 6) is 3.31. The van der Waals surface area contributed by atoms with E-state index >= 15 is 0 Å². The Kier molecular flexibility index (Phi) is 6.73. The van der Waals surface area contributed by atoms with Gasteiger partial charge in [-0.3, -0.25) is 4.79 Å². The molecular weight excluding hydrogens is 258 g/mol. The van der Waals surface area contributed by atoms with Crippen LogP contribution in [0.1, 0.15) is 72.1 Å². The van der Waals surface area contributed by atoms with E-state index in [1.165, 1.54) is 45.2 Å². The van der Waals surface area contributed by atoms with Crippen molar-refractivity contribution >= 4 is 5.78 Å². The Balaban J connectivity index is 1.83. The molecule has 2 fully saturated rings. The van der Waals surface area contributed by atoms with E-state index in [0.29, 0.717) is 11.7 Å². The molecule has 1 heterocycles. The molecule has 21 heavy (non-hydrogen) atoms. The number of hydrogen-bond donors (Lipinski definition) is 0. The molecule has 0 radical (unpaired) electrons. The summed E-state index contributed by atoms with van der Waals surface area (Å²) in [7, 11) is 0. The highest BCUT2D eigenvalue weighted by Crippen LogP contribution is 2.32. The second kappa shape index (κ2) is 8.31. The number of ketones is 1. The van der Waals surface area contributed by atoms with Crippen LogP contribution in [0.5, 0.6) is 0 Å². The molecule has 0 bridgehead atoms. The van der Waals surface area contributed by atoms with Crippen LogP contribution in [0, 0.1) is 23.7 Å². The van der Waals surface area contributed by atoms with Crippen LogP contribution < -0.4 is 0 Å². The number of likely N-dealkylation sites (tertiary alicyclic amines) is 1. The van der Waals surface area contributed by atoms with E-state index < -0.39 is 0 Å². The maximum Gasteiger partial charge on any atom is 0.137 e. The quantitative estimate of drug-likeness (QED) is 0.742. The van der Waals surface area contributed by atoms with E-state index in [9.17, 15) is 4.79 Å². The molecule has 122 valence electrons. The zero-order valence-electron chi connectivity index (χ0n) is 14.4. The summed E-state index contributed by atoms with van der Waals surface area (Å²) in [6.07, 6.45) is 9.91. The first-order valence-electron chi connectivity index (χ1n) is 9.35. The lowest BCUT2D eigenvalue weighted by Gasteiger charge is -2.33. The Morgan fingerprint density at radius 3 is 2.71 bits per heavy atom. The largest absolute Gasteiger partial charge is 0.303 e. The number of Topliss-reactive ketones (excluding diaryl/α,β-unsaturated/α-hetero) is 1. The molecule has 2 heteroatoms. The molecule has 2 rings (SSSR count). The zero-order valence-corrected chi connectivity index (χ0v) is 14.4. The molecule has 1 aliphatic heterocycles. The second-order valence-corrected chi connectivity index (χ2v) is 7.83. The summed E-state index contributed by atoms with van der Waals surface area (Å²) in [5.41, 5.74) is 0. The molecule has 1 aliphatic carbocycles. The van der Waals surface area contributed by atoms with Gasteiger partial charge in [0.05, 0.1) is 0 Å². The van der Waals surface area contributed by atoms with Crippen molar-refractivity contribution in [1.29, 1.82) is 0 Å². The third-order valence-electron chi connectivity index (χ3n) is 5.86. The van der Waals surface area contributed by atoms with Crippen LogP contribution in [0.2, 0.25) is 0 Å². The smallest absolute Gasteiger partial charge is 0.137 e. The first-order chi connectivity index (χ1) is 10.1. The Hall–Kier alpha value is -0.370. The highest BCUT2D eigenvalue weighted by Gasteiger charge is 2.31. The molecular formula is C19H35NO. The fraction of sp³-hybridized carbons (Fsp3) is 0.947. The standard InChI is InChI=1S/C19H35NO/c1-4-6-16-7-5-11-20(12-10-16)14-18-13-17(15(2)3)8-9-19(18)21/h15-18H,4-14H2,1-3H3. The van der Waals surface area contributed by atoms with Gasteiger partial charge in [0, 0.05) is 18.9 Å². The fourth-order valence-corrected chi connectivity index (χ4v) is 4.34. The highest BCUT2D eigenvalue weighted by atomic mass is 16.1. The summed E-state index contributed by atoms with van der Waals surface area (Å²) in [4.78, 5) is 14.9. The molecule has 1 saturated carbocycles. The first kappa shape index (κ1) is 17.0. The molecule has 3 unspecified atom stereocenters. The van der Waals surface area contributed by atoms with E-state index in [0.717, 1.165) is 43.6 Å². The summed E-state index contributed by atoms with van der Waals surface area (Å²) < 4.78 is 0. The molecule has 0 aromatic rings. The van der Waals surface area contributed by atoms with Gasteiger partial charge in [0.2, 0.25) is 0 Å². The van der Waals surface area contributed by atoms with Crippen LogP contribution >= 0.6 is 0 Å². The minimum absolute atomic E-state index is 0.328. The van der Waals surface area contributed by atoms with Gasteiger partial charge in [0.15, 0.2) is 0 Å². The number of rotatable bonds is 5. The minimum Gasteiger partial charge on any atom is -0.303 e. The lowest BCUT2D eigenvalue weighted by Crippen LogP contribution is -2.38. The van der Waals surface area contributed by atoms with Gasteiger partial charge in [-0.15, -0.1) is 0 Å². The topological polar surface area (TPSA) is 20.3 Å². The summed E-state index contributed by atoms with van der Waals surface area (Å²) in [6, 6.07) is 0. The van der Waals surface area contributed by atoms with Gasteiger partial charge in [0.25, 0.3) is 0 Å². The van der Waals surface area contributed by atoms with Gasteiger partial charge in [-0.1, -0.05) is 33.6 Å². The van der Waals surface area contributed by atoms with Gasteiger partial charge in [-0.2, -0.15) is 0 Å². The molecule has 0 aromatic heterocycles. The molecule has 2 nitrogen and oxygen atoms in total. The van der Waals surface area contributed by atoms with Crippen molar-refractivity contribution < 1.29 is 4.79 Å². The first-order valence-corrected chi connectivity index (χ1v) is 9.35. The van der Waals surface area contributed by atoms with Gasteiger partial charge < -0.3 is 4.90 Å². The Morgan fingerprint density at radius 1 is 1.19 bits per heavy atom. The average Bonchev–Trinajstić information content (AvgIpc) is 2.67. The van der Waals surface area contributed by atoms with Crippen LogP contribution in [0.3, 0.4) is 0 Å². The van der Waals surface area contributed by atoms with Gasteiger partial charge in [0.1, 0.15) is 5.78 Å². The van der Waals surface area contributed by atoms with E-state index in [-0.39, 0.29) is 0 Å². The number of carbonyl (C=O) groups is 1. The molecule has 2 aliphatic rings. The zero-order chi connectivity index (χ0) is 15.2. The van der Waals surface area contributed by atoms with Crippen molar-refractivity contribution in [3.63, 3.8) is 0 Å². The predicted molar refractivity (Wildman–Crippen MR) is 89.4 cm³/mol. The number of carbonyl (C=O) groups excluding carboxylic acids is 1.